The van der Waals surface area contributed by atoms with Gasteiger partial charge in [0.1, 0.15) is 0 Å². The van der Waals surface area contributed by atoms with Crippen molar-refractivity contribution in [1.29, 1.82) is 5.26 Å². The Balaban J connectivity index is 0. The largest absolute Gasteiger partial charge is 0.193 e. The summed E-state index contributed by atoms with van der Waals surface area (Å²) in [6.07, 6.45) is 6.29. The summed E-state index contributed by atoms with van der Waals surface area (Å²) in [5.41, 5.74) is 1.17. The molecule has 0 aromatic heterocycles. The molecule has 0 amide bonds. The Bertz CT molecular complexity index is 500. The highest BCUT2D eigenvalue weighted by Crippen LogP contribution is 1.97. The molecule has 1 heteroatoms. The van der Waals surface area contributed by atoms with Crippen LogP contribution in [0, 0.1) is 11.3 Å². The highest BCUT2D eigenvalue weighted by molar-refractivity contribution is 5.45. The third kappa shape index (κ3) is 19.2. The van der Waals surface area contributed by atoms with Crippen molar-refractivity contribution in [3.8, 4) is 6.07 Å². The summed E-state index contributed by atoms with van der Waals surface area (Å²) in [7, 11) is 0. The van der Waals surface area contributed by atoms with E-state index in [9.17, 15) is 0 Å². The molecule has 0 spiro atoms. The van der Waals surface area contributed by atoms with Crippen LogP contribution in [0.15, 0.2) is 111 Å². The van der Waals surface area contributed by atoms with Gasteiger partial charge in [-0.2, -0.15) is 5.26 Å². The van der Waals surface area contributed by atoms with Gasteiger partial charge in [-0.15, -0.1) is 0 Å². The fourth-order valence-corrected chi connectivity index (χ4v) is 0.974. The first-order valence-corrected chi connectivity index (χ1v) is 6.68. The molecule has 112 valence electrons. The first kappa shape index (κ1) is 21.2. The first-order valence-electron chi connectivity index (χ1n) is 6.68. The fraction of sp³-hybridized carbons (Fsp3) is 0. The van der Waals surface area contributed by atoms with E-state index in [0.29, 0.717) is 0 Å². The SMILES string of the molecule is C=CC#N.C=CC=C.C=Cc1ccccc1.c1ccccc1. The van der Waals surface area contributed by atoms with Crippen LogP contribution in [0.5, 0.6) is 0 Å². The van der Waals surface area contributed by atoms with Gasteiger partial charge in [-0.1, -0.05) is 111 Å². The van der Waals surface area contributed by atoms with Crippen LogP contribution in [-0.2, 0) is 0 Å². The fourth-order valence-electron chi connectivity index (χ4n) is 0.974. The molecule has 0 radical (unpaired) electrons. The Labute approximate surface area is 134 Å². The van der Waals surface area contributed by atoms with Crippen molar-refractivity contribution in [2.75, 3.05) is 0 Å². The minimum Gasteiger partial charge on any atom is -0.193 e. The van der Waals surface area contributed by atoms with Gasteiger partial charge in [-0.25, -0.2) is 0 Å². The molecule has 0 saturated heterocycles. The van der Waals surface area contributed by atoms with Gasteiger partial charge < -0.3 is 0 Å². The standard InChI is InChI=1S/C8H8.C6H6.C4H6.C3H3N/c1-2-8-6-4-3-5-7-8;1-2-4-6-5-3-1;1-3-4-2;1-2-3-4/h2-7H,1H2;1-6H;3-4H,1-2H2;2H,1H2. The Morgan fingerprint density at radius 2 is 1.00 bits per heavy atom. The summed E-state index contributed by atoms with van der Waals surface area (Å²) in [4.78, 5) is 0. The summed E-state index contributed by atoms with van der Waals surface area (Å²) in [5.74, 6) is 0. The van der Waals surface area contributed by atoms with Gasteiger partial charge in [-0.05, 0) is 5.56 Å². The van der Waals surface area contributed by atoms with Gasteiger partial charge >= 0.3 is 0 Å². The number of nitrogens with zero attached hydrogens (tertiary/aromatic N) is 1. The monoisotopic (exact) mass is 289 g/mol. The van der Waals surface area contributed by atoms with Gasteiger partial charge in [0.25, 0.3) is 0 Å². The predicted molar refractivity (Wildman–Crippen MR) is 99.2 cm³/mol. The highest BCUT2D eigenvalue weighted by atomic mass is 14.2. The smallest absolute Gasteiger partial charge is 0.0905 e. The Morgan fingerprint density at radius 3 is 1.18 bits per heavy atom. The van der Waals surface area contributed by atoms with Crippen LogP contribution in [0.1, 0.15) is 5.56 Å². The van der Waals surface area contributed by atoms with Gasteiger partial charge in [0, 0.05) is 6.08 Å². The van der Waals surface area contributed by atoms with E-state index in [4.69, 9.17) is 5.26 Å². The molecule has 0 aliphatic heterocycles. The van der Waals surface area contributed by atoms with Crippen LogP contribution in [0.2, 0.25) is 0 Å². The molecule has 1 nitrogen and oxygen atoms in total. The molecule has 0 bridgehead atoms. The molecule has 0 unspecified atom stereocenters. The first-order chi connectivity index (χ1) is 10.8. The van der Waals surface area contributed by atoms with Crippen molar-refractivity contribution < 1.29 is 0 Å². The van der Waals surface area contributed by atoms with Crippen LogP contribution >= 0.6 is 0 Å². The molecule has 22 heavy (non-hydrogen) atoms. The number of allylic oxidation sites excluding steroid dienone is 3. The molecule has 0 atom stereocenters. The van der Waals surface area contributed by atoms with Crippen LogP contribution < -0.4 is 0 Å². The van der Waals surface area contributed by atoms with Gasteiger partial charge in [0.15, 0.2) is 0 Å². The minimum absolute atomic E-state index is 1.17. The molecule has 0 N–H and O–H groups in total. The molecule has 0 saturated carbocycles. The second-order valence-electron chi connectivity index (χ2n) is 3.57. The predicted octanol–water partition coefficient (Wildman–Crippen LogP) is 6.07. The molecule has 0 aliphatic rings. The number of nitriles is 1. The zero-order valence-electron chi connectivity index (χ0n) is 12.9. The van der Waals surface area contributed by atoms with Gasteiger partial charge in [0.2, 0.25) is 0 Å². The van der Waals surface area contributed by atoms with E-state index in [-0.39, 0.29) is 0 Å². The summed E-state index contributed by atoms with van der Waals surface area (Å²) >= 11 is 0. The zero-order chi connectivity index (χ0) is 16.9. The van der Waals surface area contributed by atoms with Crippen LogP contribution in [0.4, 0.5) is 0 Å². The summed E-state index contributed by atoms with van der Waals surface area (Å²) in [5, 5.41) is 7.51. The van der Waals surface area contributed by atoms with E-state index < -0.39 is 0 Å². The molecule has 0 aliphatic carbocycles. The van der Waals surface area contributed by atoms with E-state index >= 15 is 0 Å². The van der Waals surface area contributed by atoms with Crippen molar-refractivity contribution in [1.82, 2.24) is 0 Å². The van der Waals surface area contributed by atoms with E-state index in [1.54, 1.807) is 18.2 Å². The second-order valence-corrected chi connectivity index (χ2v) is 3.57. The van der Waals surface area contributed by atoms with Crippen LogP contribution in [0.25, 0.3) is 6.08 Å². The Kier molecular flexibility index (Phi) is 19.5. The van der Waals surface area contributed by atoms with E-state index in [0.717, 1.165) is 0 Å². The van der Waals surface area contributed by atoms with Crippen LogP contribution in [-0.4, -0.2) is 0 Å². The number of benzene rings is 2. The van der Waals surface area contributed by atoms with E-state index in [1.807, 2.05) is 72.8 Å². The molecule has 2 aromatic carbocycles. The maximum absolute atomic E-state index is 7.51. The molecular weight excluding hydrogens is 266 g/mol. The Morgan fingerprint density at radius 1 is 0.682 bits per heavy atom. The summed E-state index contributed by atoms with van der Waals surface area (Å²) in [6.45, 7) is 13.5. The quantitative estimate of drug-likeness (QED) is 0.486. The average Bonchev–Trinajstić information content (AvgIpc) is 2.64. The van der Waals surface area contributed by atoms with Gasteiger partial charge in [0.05, 0.1) is 6.07 Å². The maximum Gasteiger partial charge on any atom is 0.0905 e. The maximum atomic E-state index is 7.51. The second kappa shape index (κ2) is 20.2. The lowest BCUT2D eigenvalue weighted by Gasteiger charge is -1.85. The van der Waals surface area contributed by atoms with Crippen LogP contribution in [0.3, 0.4) is 0 Å². The number of hydrogen-bond acceptors (Lipinski definition) is 1. The summed E-state index contributed by atoms with van der Waals surface area (Å²) < 4.78 is 0. The van der Waals surface area contributed by atoms with E-state index in [2.05, 4.69) is 26.3 Å². The lowest BCUT2D eigenvalue weighted by atomic mass is 10.2. The third-order valence-electron chi connectivity index (χ3n) is 1.96. The van der Waals surface area contributed by atoms with E-state index in [1.165, 1.54) is 11.6 Å². The average molecular weight is 289 g/mol. The highest BCUT2D eigenvalue weighted by Gasteiger charge is 1.75. The molecule has 0 fully saturated rings. The normalized spacial score (nSPS) is 6.86. The van der Waals surface area contributed by atoms with Gasteiger partial charge in [-0.3, -0.25) is 0 Å². The number of hydrogen-bond donors (Lipinski definition) is 0. The van der Waals surface area contributed by atoms with Crippen molar-refractivity contribution in [2.24, 2.45) is 0 Å². The van der Waals surface area contributed by atoms with Crippen molar-refractivity contribution in [3.05, 3.63) is 117 Å². The lowest BCUT2D eigenvalue weighted by molar-refractivity contribution is 1.54. The zero-order valence-corrected chi connectivity index (χ0v) is 12.9. The van der Waals surface area contributed by atoms with Crippen molar-refractivity contribution >= 4 is 6.08 Å². The minimum atomic E-state index is 1.17. The Hall–Kier alpha value is -3.11. The van der Waals surface area contributed by atoms with Crippen molar-refractivity contribution in [2.45, 2.75) is 0 Å². The molecule has 2 aromatic rings. The summed E-state index contributed by atoms with van der Waals surface area (Å²) in [6, 6.07) is 23.7. The van der Waals surface area contributed by atoms with Crippen molar-refractivity contribution in [3.63, 3.8) is 0 Å². The lowest BCUT2D eigenvalue weighted by Crippen LogP contribution is -1.63. The molecule has 2 rings (SSSR count). The third-order valence-corrected chi connectivity index (χ3v) is 1.96. The number of rotatable bonds is 2. The molecular formula is C21H23N. The molecule has 0 heterocycles. The topological polar surface area (TPSA) is 23.8 Å².